The molecule has 1 aliphatic rings. The van der Waals surface area contributed by atoms with E-state index in [9.17, 15) is 13.6 Å². The summed E-state index contributed by atoms with van der Waals surface area (Å²) in [7, 11) is 0. The molecule has 9 heteroatoms. The van der Waals surface area contributed by atoms with Crippen LogP contribution in [-0.2, 0) is 10.7 Å². The third-order valence-corrected chi connectivity index (χ3v) is 4.11. The lowest BCUT2D eigenvalue weighted by molar-refractivity contribution is -0.114. The van der Waals surface area contributed by atoms with Gasteiger partial charge in [-0.3, -0.25) is 4.79 Å². The second-order valence-corrected chi connectivity index (χ2v) is 6.47. The molecule has 0 unspecified atom stereocenters. The number of rotatable bonds is 4. The Balaban J connectivity index is 1.89. The highest BCUT2D eigenvalue weighted by molar-refractivity contribution is 5.91. The summed E-state index contributed by atoms with van der Waals surface area (Å²) in [5.74, 6) is -3.03. The van der Waals surface area contributed by atoms with E-state index in [0.29, 0.717) is 17.3 Å². The number of nitrogens with one attached hydrogen (secondary N) is 1. The fraction of sp³-hybridized carbons (Fsp3) is 0.353. The molecule has 134 valence electrons. The van der Waals surface area contributed by atoms with Crippen LogP contribution in [0.5, 0.6) is 0 Å². The van der Waals surface area contributed by atoms with Gasteiger partial charge in [0.25, 0.3) is 0 Å². The van der Waals surface area contributed by atoms with Crippen molar-refractivity contribution in [2.75, 3.05) is 5.32 Å². The minimum absolute atomic E-state index is 0.244. The van der Waals surface area contributed by atoms with Gasteiger partial charge < -0.3 is 5.32 Å². The lowest BCUT2D eigenvalue weighted by Gasteiger charge is -2.10. The van der Waals surface area contributed by atoms with E-state index in [4.69, 9.17) is 0 Å². The Morgan fingerprint density at radius 3 is 2.77 bits per heavy atom. The molecule has 3 aromatic heterocycles. The van der Waals surface area contributed by atoms with Crippen molar-refractivity contribution in [3.63, 3.8) is 0 Å². The zero-order chi connectivity index (χ0) is 18.5. The number of anilines is 1. The monoisotopic (exact) mass is 358 g/mol. The molecule has 0 atom stereocenters. The number of fused-ring (bicyclic) bond motifs is 1. The van der Waals surface area contributed by atoms with Gasteiger partial charge >= 0.3 is 5.92 Å². The molecule has 1 fully saturated rings. The number of alkyl halides is 2. The first-order valence-corrected chi connectivity index (χ1v) is 8.21. The molecule has 4 rings (SSSR count). The largest absolute Gasteiger partial charge is 0.311 e. The first kappa shape index (κ1) is 16.5. The highest BCUT2D eigenvalue weighted by Gasteiger charge is 2.31. The lowest BCUT2D eigenvalue weighted by Crippen LogP contribution is -2.14. The normalized spacial score (nSPS) is 14.6. The molecule has 0 saturated heterocycles. The van der Waals surface area contributed by atoms with E-state index in [2.05, 4.69) is 25.4 Å². The van der Waals surface area contributed by atoms with Gasteiger partial charge in [-0.25, -0.2) is 19.6 Å². The number of nitrogens with zero attached hydrogens (tertiary/aromatic N) is 5. The summed E-state index contributed by atoms with van der Waals surface area (Å²) >= 11 is 0. The Hall–Kier alpha value is -2.97. The molecule has 1 amide bonds. The van der Waals surface area contributed by atoms with E-state index in [0.717, 1.165) is 30.8 Å². The zero-order valence-electron chi connectivity index (χ0n) is 14.2. The average molecular weight is 358 g/mol. The zero-order valence-corrected chi connectivity index (χ0v) is 14.2. The molecule has 1 saturated carbocycles. The second kappa shape index (κ2) is 5.79. The van der Waals surface area contributed by atoms with Crippen LogP contribution in [0.4, 0.5) is 14.6 Å². The molecule has 1 aliphatic carbocycles. The van der Waals surface area contributed by atoms with Crippen LogP contribution in [0.15, 0.2) is 24.5 Å². The molecule has 3 aromatic rings. The van der Waals surface area contributed by atoms with E-state index in [1.807, 2.05) is 0 Å². The standard InChI is InChI=1S/C17H16F2N6O/c1-9(26)22-13-7-12-11(8-21-13)15(10-3-4-10)24-25(12)14-5-6-20-16(23-14)17(2,18)19/h5-8,10H,3-4H2,1-2H3,(H,21,22,26). The Bertz CT molecular complexity index is 1010. The van der Waals surface area contributed by atoms with Crippen LogP contribution in [0.25, 0.3) is 16.7 Å². The Morgan fingerprint density at radius 2 is 2.12 bits per heavy atom. The van der Waals surface area contributed by atoms with Crippen molar-refractivity contribution in [1.82, 2.24) is 24.7 Å². The van der Waals surface area contributed by atoms with E-state index >= 15 is 0 Å². The highest BCUT2D eigenvalue weighted by Crippen LogP contribution is 2.43. The minimum Gasteiger partial charge on any atom is -0.311 e. The van der Waals surface area contributed by atoms with Crippen molar-refractivity contribution >= 4 is 22.6 Å². The van der Waals surface area contributed by atoms with Crippen LogP contribution in [0, 0.1) is 0 Å². The van der Waals surface area contributed by atoms with Crippen LogP contribution in [-0.4, -0.2) is 30.6 Å². The highest BCUT2D eigenvalue weighted by atomic mass is 19.3. The van der Waals surface area contributed by atoms with Crippen LogP contribution in [0.3, 0.4) is 0 Å². The number of halogens is 2. The molecule has 0 radical (unpaired) electrons. The molecule has 26 heavy (non-hydrogen) atoms. The third kappa shape index (κ3) is 3.00. The SMILES string of the molecule is CC(=O)Nc1cc2c(cn1)c(C1CC1)nn2-c1ccnc(C(C)(F)F)n1. The summed E-state index contributed by atoms with van der Waals surface area (Å²) in [4.78, 5) is 23.2. The Morgan fingerprint density at radius 1 is 1.35 bits per heavy atom. The van der Waals surface area contributed by atoms with Gasteiger partial charge in [0.15, 0.2) is 5.82 Å². The summed E-state index contributed by atoms with van der Waals surface area (Å²) in [6.45, 7) is 2.14. The van der Waals surface area contributed by atoms with Gasteiger partial charge in [0.2, 0.25) is 11.7 Å². The first-order chi connectivity index (χ1) is 12.3. The molecule has 3 heterocycles. The quantitative estimate of drug-likeness (QED) is 0.774. The number of hydrogen-bond donors (Lipinski definition) is 1. The molecule has 0 spiro atoms. The van der Waals surface area contributed by atoms with Gasteiger partial charge in [0, 0.05) is 49.7 Å². The Kier molecular flexibility index (Phi) is 3.67. The van der Waals surface area contributed by atoms with Gasteiger partial charge in [-0.15, -0.1) is 0 Å². The molecule has 0 aliphatic heterocycles. The maximum atomic E-state index is 13.6. The minimum atomic E-state index is -3.15. The molecular formula is C17H16F2N6O. The van der Waals surface area contributed by atoms with Crippen molar-refractivity contribution < 1.29 is 13.6 Å². The maximum Gasteiger partial charge on any atom is 0.303 e. The van der Waals surface area contributed by atoms with Gasteiger partial charge in [-0.1, -0.05) is 0 Å². The maximum absolute atomic E-state index is 13.6. The second-order valence-electron chi connectivity index (χ2n) is 6.47. The Labute approximate surface area is 147 Å². The van der Waals surface area contributed by atoms with Crippen molar-refractivity contribution in [2.24, 2.45) is 0 Å². The topological polar surface area (TPSA) is 85.6 Å². The molecule has 0 bridgehead atoms. The predicted molar refractivity (Wildman–Crippen MR) is 90.3 cm³/mol. The van der Waals surface area contributed by atoms with E-state index in [-0.39, 0.29) is 11.7 Å². The fourth-order valence-electron chi connectivity index (χ4n) is 2.79. The summed E-state index contributed by atoms with van der Waals surface area (Å²) in [6.07, 6.45) is 4.99. The summed E-state index contributed by atoms with van der Waals surface area (Å²) in [5, 5.41) is 8.04. The van der Waals surface area contributed by atoms with E-state index < -0.39 is 11.7 Å². The molecule has 1 N–H and O–H groups in total. The van der Waals surface area contributed by atoms with Crippen LogP contribution >= 0.6 is 0 Å². The van der Waals surface area contributed by atoms with Gasteiger partial charge in [0.05, 0.1) is 11.2 Å². The number of hydrogen-bond acceptors (Lipinski definition) is 5. The van der Waals surface area contributed by atoms with Crippen molar-refractivity contribution in [3.8, 4) is 5.82 Å². The van der Waals surface area contributed by atoms with Crippen LogP contribution in [0.2, 0.25) is 0 Å². The first-order valence-electron chi connectivity index (χ1n) is 8.21. The van der Waals surface area contributed by atoms with Crippen molar-refractivity contribution in [1.29, 1.82) is 0 Å². The smallest absolute Gasteiger partial charge is 0.303 e. The summed E-state index contributed by atoms with van der Waals surface area (Å²) in [5.41, 5.74) is 1.51. The van der Waals surface area contributed by atoms with Crippen molar-refractivity contribution in [2.45, 2.75) is 38.5 Å². The van der Waals surface area contributed by atoms with Gasteiger partial charge in [-0.05, 0) is 12.8 Å². The van der Waals surface area contributed by atoms with E-state index in [1.54, 1.807) is 12.3 Å². The average Bonchev–Trinajstić information content (AvgIpc) is 3.35. The summed E-state index contributed by atoms with van der Waals surface area (Å²) < 4.78 is 28.7. The van der Waals surface area contributed by atoms with Crippen molar-refractivity contribution in [3.05, 3.63) is 36.0 Å². The summed E-state index contributed by atoms with van der Waals surface area (Å²) in [6, 6.07) is 3.19. The predicted octanol–water partition coefficient (Wildman–Crippen LogP) is 3.16. The van der Waals surface area contributed by atoms with Crippen LogP contribution < -0.4 is 5.32 Å². The van der Waals surface area contributed by atoms with Gasteiger partial charge in [0.1, 0.15) is 5.82 Å². The number of carbonyl (C=O) groups excluding carboxylic acids is 1. The third-order valence-electron chi connectivity index (χ3n) is 4.11. The lowest BCUT2D eigenvalue weighted by atomic mass is 10.2. The van der Waals surface area contributed by atoms with Gasteiger partial charge in [-0.2, -0.15) is 13.9 Å². The molecule has 7 nitrogen and oxygen atoms in total. The molecular weight excluding hydrogens is 342 g/mol. The van der Waals surface area contributed by atoms with E-state index in [1.165, 1.54) is 23.9 Å². The number of aromatic nitrogens is 5. The molecule has 0 aromatic carbocycles. The number of carbonyl (C=O) groups is 1. The van der Waals surface area contributed by atoms with Crippen LogP contribution in [0.1, 0.15) is 44.1 Å². The number of amides is 1. The number of pyridine rings is 1. The fourth-order valence-corrected chi connectivity index (χ4v) is 2.79.